The Labute approximate surface area is 154 Å². The first-order valence-electron chi connectivity index (χ1n) is 9.50. The lowest BCUT2D eigenvalue weighted by Gasteiger charge is -2.36. The van der Waals surface area contributed by atoms with Crippen LogP contribution in [0.25, 0.3) is 0 Å². The first-order valence-corrected chi connectivity index (χ1v) is 9.50. The van der Waals surface area contributed by atoms with E-state index in [0.29, 0.717) is 29.6 Å². The largest absolute Gasteiger partial charge is 0.337 e. The third kappa shape index (κ3) is 3.01. The molecule has 134 valence electrons. The number of amides is 1. The van der Waals surface area contributed by atoms with E-state index >= 15 is 0 Å². The summed E-state index contributed by atoms with van der Waals surface area (Å²) in [6, 6.07) is 9.41. The van der Waals surface area contributed by atoms with E-state index in [0.717, 1.165) is 19.4 Å². The van der Waals surface area contributed by atoms with Crippen LogP contribution in [0.4, 0.5) is 0 Å². The van der Waals surface area contributed by atoms with Crippen molar-refractivity contribution >= 4 is 5.91 Å². The fraction of sp³-hybridized carbons (Fsp3) is 0.476. The molecule has 1 aromatic heterocycles. The summed E-state index contributed by atoms with van der Waals surface area (Å²) in [6.07, 6.45) is 7.81. The SMILES string of the molecule is Cc1cnc(C2CCC2)n1C1CCCN(C(=O)c2cccc(C#N)c2)C1. The number of piperidine rings is 1. The zero-order chi connectivity index (χ0) is 18.1. The molecule has 1 saturated carbocycles. The van der Waals surface area contributed by atoms with Gasteiger partial charge in [-0.05, 0) is 50.8 Å². The van der Waals surface area contributed by atoms with Crippen molar-refractivity contribution in [1.29, 1.82) is 5.26 Å². The average molecular weight is 348 g/mol. The van der Waals surface area contributed by atoms with Gasteiger partial charge in [-0.3, -0.25) is 4.79 Å². The molecule has 1 atom stereocenters. The Hall–Kier alpha value is -2.61. The van der Waals surface area contributed by atoms with E-state index in [4.69, 9.17) is 5.26 Å². The molecule has 0 bridgehead atoms. The predicted molar refractivity (Wildman–Crippen MR) is 98.9 cm³/mol. The number of nitriles is 1. The summed E-state index contributed by atoms with van der Waals surface area (Å²) >= 11 is 0. The molecule has 1 aromatic carbocycles. The lowest BCUT2D eigenvalue weighted by molar-refractivity contribution is 0.0675. The Morgan fingerprint density at radius 3 is 2.85 bits per heavy atom. The van der Waals surface area contributed by atoms with E-state index in [2.05, 4.69) is 22.5 Å². The molecule has 2 aliphatic rings. The maximum Gasteiger partial charge on any atom is 0.253 e. The number of aromatic nitrogens is 2. The summed E-state index contributed by atoms with van der Waals surface area (Å²) in [7, 11) is 0. The van der Waals surface area contributed by atoms with Gasteiger partial charge in [0.15, 0.2) is 0 Å². The van der Waals surface area contributed by atoms with Crippen LogP contribution < -0.4 is 0 Å². The van der Waals surface area contributed by atoms with E-state index < -0.39 is 0 Å². The van der Waals surface area contributed by atoms with Crippen molar-refractivity contribution in [2.24, 2.45) is 0 Å². The molecule has 0 N–H and O–H groups in total. The summed E-state index contributed by atoms with van der Waals surface area (Å²) in [5.41, 5.74) is 2.33. The second-order valence-electron chi connectivity index (χ2n) is 7.50. The van der Waals surface area contributed by atoms with Crippen LogP contribution in [0.5, 0.6) is 0 Å². The molecule has 4 rings (SSSR count). The Kier molecular flexibility index (Phi) is 4.50. The van der Waals surface area contributed by atoms with Gasteiger partial charge in [0.2, 0.25) is 0 Å². The van der Waals surface area contributed by atoms with Crippen LogP contribution in [-0.2, 0) is 0 Å². The van der Waals surface area contributed by atoms with Crippen LogP contribution in [0.1, 0.15) is 71.5 Å². The molecular weight excluding hydrogens is 324 g/mol. The summed E-state index contributed by atoms with van der Waals surface area (Å²) < 4.78 is 2.38. The van der Waals surface area contributed by atoms with Gasteiger partial charge in [0, 0.05) is 36.5 Å². The minimum absolute atomic E-state index is 0.0229. The third-order valence-corrected chi connectivity index (χ3v) is 5.77. The number of imidazole rings is 1. The molecular formula is C21H24N4O. The lowest BCUT2D eigenvalue weighted by atomic mass is 9.84. The van der Waals surface area contributed by atoms with Gasteiger partial charge in [0.05, 0.1) is 17.7 Å². The second kappa shape index (κ2) is 6.95. The molecule has 0 spiro atoms. The van der Waals surface area contributed by atoms with E-state index in [1.165, 1.54) is 30.8 Å². The van der Waals surface area contributed by atoms with Crippen LogP contribution in [0.2, 0.25) is 0 Å². The number of likely N-dealkylation sites (tertiary alicyclic amines) is 1. The van der Waals surface area contributed by atoms with Gasteiger partial charge in [-0.1, -0.05) is 12.5 Å². The Morgan fingerprint density at radius 1 is 1.27 bits per heavy atom. The van der Waals surface area contributed by atoms with E-state index in [1.54, 1.807) is 24.3 Å². The standard InChI is InChI=1S/C21H24N4O/c1-15-13-23-20(17-6-3-7-17)25(15)19-9-4-10-24(14-19)21(26)18-8-2-5-16(11-18)12-22/h2,5,8,11,13,17,19H,3-4,6-7,9-10,14H2,1H3. The van der Waals surface area contributed by atoms with Crippen molar-refractivity contribution in [3.8, 4) is 6.07 Å². The molecule has 5 heteroatoms. The Morgan fingerprint density at radius 2 is 2.12 bits per heavy atom. The van der Waals surface area contributed by atoms with Crippen molar-refractivity contribution in [2.75, 3.05) is 13.1 Å². The first-order chi connectivity index (χ1) is 12.7. The topological polar surface area (TPSA) is 61.9 Å². The van der Waals surface area contributed by atoms with Gasteiger partial charge in [0.1, 0.15) is 5.82 Å². The Balaban J connectivity index is 1.55. The summed E-state index contributed by atoms with van der Waals surface area (Å²) in [6.45, 7) is 3.61. The molecule has 2 heterocycles. The fourth-order valence-corrected chi connectivity index (χ4v) is 4.16. The molecule has 1 aliphatic heterocycles. The molecule has 26 heavy (non-hydrogen) atoms. The van der Waals surface area contributed by atoms with Crippen LogP contribution in [-0.4, -0.2) is 33.4 Å². The quantitative estimate of drug-likeness (QED) is 0.847. The second-order valence-corrected chi connectivity index (χ2v) is 7.50. The van der Waals surface area contributed by atoms with Gasteiger partial charge in [-0.25, -0.2) is 4.98 Å². The van der Waals surface area contributed by atoms with Crippen molar-refractivity contribution in [1.82, 2.24) is 14.5 Å². The van der Waals surface area contributed by atoms with Crippen LogP contribution in [0, 0.1) is 18.3 Å². The number of carbonyl (C=O) groups excluding carboxylic acids is 1. The highest BCUT2D eigenvalue weighted by atomic mass is 16.2. The zero-order valence-corrected chi connectivity index (χ0v) is 15.2. The number of benzene rings is 1. The molecule has 2 fully saturated rings. The molecule has 0 radical (unpaired) electrons. The number of carbonyl (C=O) groups is 1. The predicted octanol–water partition coefficient (Wildman–Crippen LogP) is 3.81. The van der Waals surface area contributed by atoms with Crippen molar-refractivity contribution in [3.05, 3.63) is 53.1 Å². The molecule has 1 aliphatic carbocycles. The number of hydrogen-bond donors (Lipinski definition) is 0. The zero-order valence-electron chi connectivity index (χ0n) is 15.2. The van der Waals surface area contributed by atoms with Crippen molar-refractivity contribution in [3.63, 3.8) is 0 Å². The van der Waals surface area contributed by atoms with Crippen LogP contribution in [0.3, 0.4) is 0 Å². The first kappa shape index (κ1) is 16.8. The van der Waals surface area contributed by atoms with Gasteiger partial charge >= 0.3 is 0 Å². The summed E-state index contributed by atoms with van der Waals surface area (Å²) in [4.78, 5) is 19.6. The minimum atomic E-state index is 0.0229. The molecule has 2 aromatic rings. The van der Waals surface area contributed by atoms with Crippen molar-refractivity contribution in [2.45, 2.75) is 51.0 Å². The van der Waals surface area contributed by atoms with E-state index in [9.17, 15) is 4.79 Å². The van der Waals surface area contributed by atoms with Crippen molar-refractivity contribution < 1.29 is 4.79 Å². The Bertz CT molecular complexity index is 859. The molecule has 1 amide bonds. The van der Waals surface area contributed by atoms with Gasteiger partial charge in [-0.15, -0.1) is 0 Å². The highest BCUT2D eigenvalue weighted by Gasteiger charge is 2.31. The molecule has 1 unspecified atom stereocenters. The number of hydrogen-bond acceptors (Lipinski definition) is 3. The lowest BCUT2D eigenvalue weighted by Crippen LogP contribution is -2.41. The molecule has 1 saturated heterocycles. The monoisotopic (exact) mass is 348 g/mol. The highest BCUT2D eigenvalue weighted by molar-refractivity contribution is 5.94. The van der Waals surface area contributed by atoms with E-state index in [1.807, 2.05) is 11.1 Å². The maximum absolute atomic E-state index is 12.9. The number of nitrogens with zero attached hydrogens (tertiary/aromatic N) is 4. The summed E-state index contributed by atoms with van der Waals surface area (Å²) in [5.74, 6) is 1.82. The fourth-order valence-electron chi connectivity index (χ4n) is 4.16. The summed E-state index contributed by atoms with van der Waals surface area (Å²) in [5, 5.41) is 9.08. The van der Waals surface area contributed by atoms with E-state index in [-0.39, 0.29) is 5.91 Å². The smallest absolute Gasteiger partial charge is 0.253 e. The van der Waals surface area contributed by atoms with Gasteiger partial charge in [0.25, 0.3) is 5.91 Å². The molecule has 5 nitrogen and oxygen atoms in total. The van der Waals surface area contributed by atoms with Crippen LogP contribution in [0.15, 0.2) is 30.5 Å². The average Bonchev–Trinajstić information content (AvgIpc) is 3.01. The highest BCUT2D eigenvalue weighted by Crippen LogP contribution is 2.38. The number of rotatable bonds is 3. The minimum Gasteiger partial charge on any atom is -0.337 e. The van der Waals surface area contributed by atoms with Crippen LogP contribution >= 0.6 is 0 Å². The third-order valence-electron chi connectivity index (χ3n) is 5.77. The van der Waals surface area contributed by atoms with Gasteiger partial charge < -0.3 is 9.47 Å². The number of aryl methyl sites for hydroxylation is 1. The maximum atomic E-state index is 12.9. The normalized spacial score (nSPS) is 20.5. The van der Waals surface area contributed by atoms with Gasteiger partial charge in [-0.2, -0.15) is 5.26 Å².